The van der Waals surface area contributed by atoms with Gasteiger partial charge in [0.25, 0.3) is 5.91 Å². The maximum atomic E-state index is 11.6. The molecule has 6 nitrogen and oxygen atoms in total. The van der Waals surface area contributed by atoms with Crippen molar-refractivity contribution in [2.75, 3.05) is 20.1 Å². The van der Waals surface area contributed by atoms with Gasteiger partial charge in [0.2, 0.25) is 5.91 Å². The van der Waals surface area contributed by atoms with E-state index in [1.54, 1.807) is 12.4 Å². The van der Waals surface area contributed by atoms with Crippen molar-refractivity contribution >= 4 is 23.2 Å². The molecule has 0 aromatic carbocycles. The maximum Gasteiger partial charge on any atom is 0.270 e. The van der Waals surface area contributed by atoms with Gasteiger partial charge in [-0.15, -0.1) is 11.3 Å². The van der Waals surface area contributed by atoms with Crippen LogP contribution in [-0.4, -0.2) is 36.9 Å². The van der Waals surface area contributed by atoms with E-state index in [2.05, 4.69) is 15.6 Å². The summed E-state index contributed by atoms with van der Waals surface area (Å²) < 4.78 is 0. The molecule has 0 bridgehead atoms. The molecule has 0 aliphatic rings. The van der Waals surface area contributed by atoms with Gasteiger partial charge in [-0.25, -0.2) is 4.98 Å². The molecular formula is C10H16N4O2S. The number of nitrogens with zero attached hydrogens (tertiary/aromatic N) is 1. The Morgan fingerprint density at radius 1 is 1.53 bits per heavy atom. The highest BCUT2D eigenvalue weighted by Gasteiger charge is 2.10. The van der Waals surface area contributed by atoms with Gasteiger partial charge in [-0.05, 0) is 6.54 Å². The quantitative estimate of drug-likeness (QED) is 0.640. The number of nitrogens with one attached hydrogen (secondary N) is 2. The van der Waals surface area contributed by atoms with Crippen LogP contribution in [0.4, 0.5) is 0 Å². The molecular weight excluding hydrogens is 240 g/mol. The van der Waals surface area contributed by atoms with E-state index in [9.17, 15) is 9.59 Å². The normalized spacial score (nSPS) is 10.0. The van der Waals surface area contributed by atoms with Crippen molar-refractivity contribution in [3.8, 4) is 0 Å². The van der Waals surface area contributed by atoms with Gasteiger partial charge in [0.15, 0.2) is 0 Å². The Morgan fingerprint density at radius 3 is 2.94 bits per heavy atom. The largest absolute Gasteiger partial charge is 0.359 e. The Labute approximate surface area is 104 Å². The van der Waals surface area contributed by atoms with E-state index in [1.807, 2.05) is 0 Å². The summed E-state index contributed by atoms with van der Waals surface area (Å²) in [6.07, 6.45) is 0.943. The molecule has 17 heavy (non-hydrogen) atoms. The lowest BCUT2D eigenvalue weighted by Gasteiger charge is -2.01. The molecule has 1 heterocycles. The zero-order valence-electron chi connectivity index (χ0n) is 9.66. The Balaban J connectivity index is 2.38. The number of hydrogen-bond donors (Lipinski definition) is 3. The van der Waals surface area contributed by atoms with Crippen LogP contribution in [0.2, 0.25) is 0 Å². The van der Waals surface area contributed by atoms with Crippen molar-refractivity contribution in [3.05, 3.63) is 16.1 Å². The minimum absolute atomic E-state index is 0.104. The van der Waals surface area contributed by atoms with Crippen LogP contribution in [0.1, 0.15) is 21.9 Å². The van der Waals surface area contributed by atoms with E-state index in [4.69, 9.17) is 5.73 Å². The standard InChI is InChI=1S/C10H16N4O2S/c1-12-8(15)3-5-13-10(16)7-6-17-9(14-7)2-4-11/h6H,2-5,11H2,1H3,(H,12,15)(H,13,16). The Kier molecular flexibility index (Phi) is 5.58. The summed E-state index contributed by atoms with van der Waals surface area (Å²) in [5.74, 6) is -0.360. The van der Waals surface area contributed by atoms with Crippen LogP contribution in [0.3, 0.4) is 0 Å². The monoisotopic (exact) mass is 256 g/mol. The lowest BCUT2D eigenvalue weighted by atomic mass is 10.3. The third kappa shape index (κ3) is 4.49. The lowest BCUT2D eigenvalue weighted by molar-refractivity contribution is -0.120. The minimum Gasteiger partial charge on any atom is -0.359 e. The fourth-order valence-corrected chi connectivity index (χ4v) is 1.95. The van der Waals surface area contributed by atoms with Crippen molar-refractivity contribution in [1.82, 2.24) is 15.6 Å². The molecule has 7 heteroatoms. The number of thiazole rings is 1. The van der Waals surface area contributed by atoms with Crippen LogP contribution < -0.4 is 16.4 Å². The van der Waals surface area contributed by atoms with Gasteiger partial charge in [0.05, 0.1) is 5.01 Å². The first-order valence-electron chi connectivity index (χ1n) is 5.30. The van der Waals surface area contributed by atoms with Gasteiger partial charge < -0.3 is 16.4 Å². The molecule has 1 rings (SSSR count). The highest BCUT2D eigenvalue weighted by atomic mass is 32.1. The predicted octanol–water partition coefficient (Wildman–Crippen LogP) is -0.490. The highest BCUT2D eigenvalue weighted by molar-refractivity contribution is 7.09. The second-order valence-corrected chi connectivity index (χ2v) is 4.29. The van der Waals surface area contributed by atoms with E-state index < -0.39 is 0 Å². The lowest BCUT2D eigenvalue weighted by Crippen LogP contribution is -2.29. The number of carbonyl (C=O) groups excluding carboxylic acids is 2. The predicted molar refractivity (Wildman–Crippen MR) is 65.9 cm³/mol. The zero-order valence-corrected chi connectivity index (χ0v) is 10.5. The van der Waals surface area contributed by atoms with Crippen molar-refractivity contribution in [3.63, 3.8) is 0 Å². The van der Waals surface area contributed by atoms with E-state index in [1.165, 1.54) is 11.3 Å². The topological polar surface area (TPSA) is 97.1 Å². The van der Waals surface area contributed by atoms with Gasteiger partial charge in [0, 0.05) is 31.8 Å². The summed E-state index contributed by atoms with van der Waals surface area (Å²) in [6, 6.07) is 0. The van der Waals surface area contributed by atoms with Crippen molar-refractivity contribution in [1.29, 1.82) is 0 Å². The second kappa shape index (κ2) is 6.97. The van der Waals surface area contributed by atoms with E-state index >= 15 is 0 Å². The Hall–Kier alpha value is -1.47. The van der Waals surface area contributed by atoms with Crippen LogP contribution in [0, 0.1) is 0 Å². The summed E-state index contributed by atoms with van der Waals surface area (Å²) in [7, 11) is 1.56. The first-order valence-corrected chi connectivity index (χ1v) is 6.18. The second-order valence-electron chi connectivity index (χ2n) is 3.34. The van der Waals surface area contributed by atoms with Gasteiger partial charge in [-0.3, -0.25) is 9.59 Å². The summed E-state index contributed by atoms with van der Waals surface area (Å²) >= 11 is 1.42. The molecule has 0 saturated carbocycles. The third-order valence-electron chi connectivity index (χ3n) is 2.06. The van der Waals surface area contributed by atoms with Crippen molar-refractivity contribution in [2.24, 2.45) is 5.73 Å². The van der Waals surface area contributed by atoms with Crippen molar-refractivity contribution < 1.29 is 9.59 Å². The van der Waals surface area contributed by atoms with E-state index in [-0.39, 0.29) is 18.2 Å². The molecule has 1 aromatic rings. The summed E-state index contributed by atoms with van der Waals surface area (Å²) in [5.41, 5.74) is 5.78. The molecule has 0 saturated heterocycles. The molecule has 0 spiro atoms. The Morgan fingerprint density at radius 2 is 2.29 bits per heavy atom. The molecule has 94 valence electrons. The van der Waals surface area contributed by atoms with Crippen LogP contribution in [0.25, 0.3) is 0 Å². The number of carbonyl (C=O) groups is 2. The van der Waals surface area contributed by atoms with E-state index in [0.29, 0.717) is 25.2 Å². The van der Waals surface area contributed by atoms with Gasteiger partial charge in [-0.1, -0.05) is 0 Å². The first-order chi connectivity index (χ1) is 8.17. The molecule has 0 unspecified atom stereocenters. The molecule has 0 fully saturated rings. The van der Waals surface area contributed by atoms with Crippen LogP contribution in [0.15, 0.2) is 5.38 Å². The average molecular weight is 256 g/mol. The number of rotatable bonds is 6. The van der Waals surface area contributed by atoms with Gasteiger partial charge in [-0.2, -0.15) is 0 Å². The van der Waals surface area contributed by atoms with E-state index in [0.717, 1.165) is 5.01 Å². The average Bonchev–Trinajstić information content (AvgIpc) is 2.78. The summed E-state index contributed by atoms with van der Waals surface area (Å²) in [5, 5.41) is 7.66. The summed E-state index contributed by atoms with van der Waals surface area (Å²) in [6.45, 7) is 0.827. The number of amides is 2. The molecule has 0 aliphatic heterocycles. The molecule has 0 aliphatic carbocycles. The van der Waals surface area contributed by atoms with Crippen LogP contribution in [-0.2, 0) is 11.2 Å². The van der Waals surface area contributed by atoms with Crippen LogP contribution >= 0.6 is 11.3 Å². The molecule has 0 atom stereocenters. The zero-order chi connectivity index (χ0) is 12.7. The highest BCUT2D eigenvalue weighted by Crippen LogP contribution is 2.09. The van der Waals surface area contributed by atoms with Gasteiger partial charge >= 0.3 is 0 Å². The fraction of sp³-hybridized carbons (Fsp3) is 0.500. The third-order valence-corrected chi connectivity index (χ3v) is 2.97. The SMILES string of the molecule is CNC(=O)CCNC(=O)c1csc(CCN)n1. The van der Waals surface area contributed by atoms with Gasteiger partial charge in [0.1, 0.15) is 5.69 Å². The molecule has 0 radical (unpaired) electrons. The maximum absolute atomic E-state index is 11.6. The molecule has 1 aromatic heterocycles. The minimum atomic E-state index is -0.256. The van der Waals surface area contributed by atoms with Crippen LogP contribution in [0.5, 0.6) is 0 Å². The number of hydrogen-bond acceptors (Lipinski definition) is 5. The first kappa shape index (κ1) is 13.6. The Bertz CT molecular complexity index is 391. The fourth-order valence-electron chi connectivity index (χ4n) is 1.16. The summed E-state index contributed by atoms with van der Waals surface area (Å²) in [4.78, 5) is 26.7. The number of aromatic nitrogens is 1. The molecule has 4 N–H and O–H groups in total. The number of nitrogens with two attached hydrogens (primary N) is 1. The molecule has 2 amide bonds. The smallest absolute Gasteiger partial charge is 0.270 e. The van der Waals surface area contributed by atoms with Crippen molar-refractivity contribution in [2.45, 2.75) is 12.8 Å².